The first-order valence-electron chi connectivity index (χ1n) is 8.34. The second-order valence-corrected chi connectivity index (χ2v) is 6.41. The Kier molecular flexibility index (Phi) is 5.93. The number of nitrogens with one attached hydrogen (secondary N) is 1. The van der Waals surface area contributed by atoms with E-state index in [9.17, 15) is 28.1 Å². The average Bonchev–Trinajstić information content (AvgIpc) is 2.69. The van der Waals surface area contributed by atoms with Crippen LogP contribution in [-0.4, -0.2) is 10.8 Å². The zero-order chi connectivity index (χ0) is 21.9. The summed E-state index contributed by atoms with van der Waals surface area (Å²) in [5, 5.41) is 13.1. The number of amides is 1. The molecule has 0 aliphatic heterocycles. The van der Waals surface area contributed by atoms with Gasteiger partial charge in [0.25, 0.3) is 11.6 Å². The number of benzene rings is 3. The Morgan fingerprint density at radius 3 is 2.37 bits per heavy atom. The number of rotatable bonds is 5. The van der Waals surface area contributed by atoms with Gasteiger partial charge in [-0.1, -0.05) is 29.8 Å². The number of nitro groups is 1. The summed E-state index contributed by atoms with van der Waals surface area (Å²) >= 11 is 5.94. The van der Waals surface area contributed by atoms with E-state index in [-0.39, 0.29) is 22.0 Å². The van der Waals surface area contributed by atoms with Crippen molar-refractivity contribution < 1.29 is 27.6 Å². The molecular formula is C20H12ClF3N2O4. The van der Waals surface area contributed by atoms with Gasteiger partial charge >= 0.3 is 6.18 Å². The van der Waals surface area contributed by atoms with E-state index >= 15 is 0 Å². The van der Waals surface area contributed by atoms with Gasteiger partial charge in [-0.15, -0.1) is 0 Å². The molecule has 0 saturated carbocycles. The molecule has 0 fully saturated rings. The van der Waals surface area contributed by atoms with Crippen LogP contribution in [0.5, 0.6) is 11.5 Å². The summed E-state index contributed by atoms with van der Waals surface area (Å²) in [5.74, 6) is -0.647. The van der Waals surface area contributed by atoms with E-state index < -0.39 is 28.3 Å². The number of halogens is 4. The Labute approximate surface area is 173 Å². The molecule has 0 radical (unpaired) electrons. The minimum Gasteiger partial charge on any atom is -0.455 e. The lowest BCUT2D eigenvalue weighted by Crippen LogP contribution is -2.15. The molecule has 0 heterocycles. The number of nitrogens with zero attached hydrogens (tertiary/aromatic N) is 1. The van der Waals surface area contributed by atoms with Crippen molar-refractivity contribution in [2.24, 2.45) is 0 Å². The molecule has 3 rings (SSSR count). The molecule has 0 spiro atoms. The van der Waals surface area contributed by atoms with Crippen LogP contribution in [0.25, 0.3) is 0 Å². The molecular weight excluding hydrogens is 425 g/mol. The number of ether oxygens (including phenoxy) is 1. The Balaban J connectivity index is 1.99. The first-order chi connectivity index (χ1) is 14.1. The molecule has 0 atom stereocenters. The molecule has 3 aromatic rings. The lowest BCUT2D eigenvalue weighted by Gasteiger charge is -2.15. The maximum Gasteiger partial charge on any atom is 0.416 e. The number of non-ortho nitro benzene ring substituents is 1. The molecule has 6 nitrogen and oxygen atoms in total. The summed E-state index contributed by atoms with van der Waals surface area (Å²) in [6.07, 6.45) is -4.66. The van der Waals surface area contributed by atoms with Crippen molar-refractivity contribution in [3.63, 3.8) is 0 Å². The van der Waals surface area contributed by atoms with Crippen molar-refractivity contribution in [3.8, 4) is 11.5 Å². The Bertz CT molecular complexity index is 1100. The van der Waals surface area contributed by atoms with Crippen LogP contribution in [0.15, 0.2) is 66.7 Å². The van der Waals surface area contributed by atoms with E-state index in [4.69, 9.17) is 16.3 Å². The van der Waals surface area contributed by atoms with Crippen molar-refractivity contribution in [1.29, 1.82) is 0 Å². The van der Waals surface area contributed by atoms with E-state index in [1.54, 1.807) is 30.3 Å². The quantitative estimate of drug-likeness (QED) is 0.375. The minimum absolute atomic E-state index is 0.0518. The number of hydrogen-bond donors (Lipinski definition) is 1. The van der Waals surface area contributed by atoms with Crippen LogP contribution in [0.2, 0.25) is 5.02 Å². The molecule has 1 amide bonds. The summed E-state index contributed by atoms with van der Waals surface area (Å²) < 4.78 is 45.0. The fraction of sp³-hybridized carbons (Fsp3) is 0.0500. The van der Waals surface area contributed by atoms with Crippen molar-refractivity contribution in [2.75, 3.05) is 5.32 Å². The van der Waals surface area contributed by atoms with Gasteiger partial charge in [0.2, 0.25) is 0 Å². The molecule has 0 aliphatic carbocycles. The maximum atomic E-state index is 13.1. The Hall–Kier alpha value is -3.59. The van der Waals surface area contributed by atoms with Crippen LogP contribution in [0.3, 0.4) is 0 Å². The summed E-state index contributed by atoms with van der Waals surface area (Å²) in [6, 6.07) is 14.0. The second kappa shape index (κ2) is 8.42. The molecule has 0 saturated heterocycles. The smallest absolute Gasteiger partial charge is 0.416 e. The van der Waals surface area contributed by atoms with Gasteiger partial charge in [0.15, 0.2) is 5.75 Å². The molecule has 154 valence electrons. The zero-order valence-corrected chi connectivity index (χ0v) is 15.7. The van der Waals surface area contributed by atoms with Crippen LogP contribution >= 0.6 is 11.6 Å². The third-order valence-electron chi connectivity index (χ3n) is 3.93. The van der Waals surface area contributed by atoms with Gasteiger partial charge in [0.1, 0.15) is 5.75 Å². The first-order valence-corrected chi connectivity index (χ1v) is 8.72. The van der Waals surface area contributed by atoms with Crippen molar-refractivity contribution in [3.05, 3.63) is 93.0 Å². The highest BCUT2D eigenvalue weighted by molar-refractivity contribution is 6.34. The van der Waals surface area contributed by atoms with Gasteiger partial charge in [-0.05, 0) is 36.4 Å². The Morgan fingerprint density at radius 1 is 1.03 bits per heavy atom. The highest BCUT2D eigenvalue weighted by atomic mass is 35.5. The van der Waals surface area contributed by atoms with E-state index in [1.165, 1.54) is 0 Å². The van der Waals surface area contributed by atoms with E-state index in [0.717, 1.165) is 30.3 Å². The first kappa shape index (κ1) is 21.1. The summed E-state index contributed by atoms with van der Waals surface area (Å²) in [4.78, 5) is 22.8. The van der Waals surface area contributed by atoms with Crippen LogP contribution in [0, 0.1) is 10.1 Å². The van der Waals surface area contributed by atoms with E-state index in [2.05, 4.69) is 5.32 Å². The normalized spacial score (nSPS) is 11.1. The van der Waals surface area contributed by atoms with Gasteiger partial charge in [-0.2, -0.15) is 13.2 Å². The summed E-state index contributed by atoms with van der Waals surface area (Å²) in [5.41, 5.74) is -1.95. The van der Waals surface area contributed by atoms with Gasteiger partial charge < -0.3 is 10.1 Å². The molecule has 3 aromatic carbocycles. The lowest BCUT2D eigenvalue weighted by molar-refractivity contribution is -0.384. The largest absolute Gasteiger partial charge is 0.455 e. The SMILES string of the molecule is O=C(Nc1cc(C(F)(F)F)ccc1Oc1ccccc1)c1cc([N+](=O)[O-])ccc1Cl. The summed E-state index contributed by atoms with van der Waals surface area (Å²) in [6.45, 7) is 0. The average molecular weight is 437 g/mol. The predicted octanol–water partition coefficient (Wildman–Crippen LogP) is 6.31. The molecule has 1 N–H and O–H groups in total. The van der Waals surface area contributed by atoms with Crippen LogP contribution in [0.1, 0.15) is 15.9 Å². The fourth-order valence-electron chi connectivity index (χ4n) is 2.50. The predicted molar refractivity (Wildman–Crippen MR) is 104 cm³/mol. The van der Waals surface area contributed by atoms with Gasteiger partial charge in [-0.25, -0.2) is 0 Å². The monoisotopic (exact) mass is 436 g/mol. The highest BCUT2D eigenvalue weighted by Crippen LogP contribution is 2.37. The van der Waals surface area contributed by atoms with Crippen LogP contribution in [0.4, 0.5) is 24.5 Å². The van der Waals surface area contributed by atoms with Crippen LogP contribution < -0.4 is 10.1 Å². The molecule has 30 heavy (non-hydrogen) atoms. The van der Waals surface area contributed by atoms with Crippen LogP contribution in [-0.2, 0) is 6.18 Å². The molecule has 0 aromatic heterocycles. The highest BCUT2D eigenvalue weighted by Gasteiger charge is 2.31. The third-order valence-corrected chi connectivity index (χ3v) is 4.26. The number of anilines is 1. The minimum atomic E-state index is -4.66. The van der Waals surface area contributed by atoms with Gasteiger partial charge in [-0.3, -0.25) is 14.9 Å². The topological polar surface area (TPSA) is 81.5 Å². The van der Waals surface area contributed by atoms with E-state index in [0.29, 0.717) is 11.8 Å². The number of carbonyl (C=O) groups excluding carboxylic acids is 1. The number of carbonyl (C=O) groups is 1. The third kappa shape index (κ3) is 4.87. The number of nitro benzene ring substituents is 1. The maximum absolute atomic E-state index is 13.1. The number of hydrogen-bond acceptors (Lipinski definition) is 4. The molecule has 0 unspecified atom stereocenters. The number of alkyl halides is 3. The van der Waals surface area contributed by atoms with Crippen molar-refractivity contribution >= 4 is 28.9 Å². The van der Waals surface area contributed by atoms with Gasteiger partial charge in [0, 0.05) is 12.1 Å². The van der Waals surface area contributed by atoms with Crippen molar-refractivity contribution in [2.45, 2.75) is 6.18 Å². The molecule has 0 bridgehead atoms. The standard InChI is InChI=1S/C20H12ClF3N2O4/c21-16-8-7-13(26(28)29)11-15(16)19(27)25-17-10-12(20(22,23)24)6-9-18(17)30-14-4-2-1-3-5-14/h1-11H,(H,25,27). The van der Waals surface area contributed by atoms with E-state index in [1.807, 2.05) is 0 Å². The fourth-order valence-corrected chi connectivity index (χ4v) is 2.70. The molecule has 10 heteroatoms. The van der Waals surface area contributed by atoms with Gasteiger partial charge in [0.05, 0.1) is 26.8 Å². The zero-order valence-electron chi connectivity index (χ0n) is 14.9. The Morgan fingerprint density at radius 2 is 1.73 bits per heavy atom. The lowest BCUT2D eigenvalue weighted by atomic mass is 10.1. The van der Waals surface area contributed by atoms with Crippen molar-refractivity contribution in [1.82, 2.24) is 0 Å². The number of para-hydroxylation sites is 1. The molecule has 0 aliphatic rings. The summed E-state index contributed by atoms with van der Waals surface area (Å²) in [7, 11) is 0. The second-order valence-electron chi connectivity index (χ2n) is 6.00.